The van der Waals surface area contributed by atoms with Crippen LogP contribution in [0.4, 0.5) is 5.69 Å². The minimum atomic E-state index is -0.284. The van der Waals surface area contributed by atoms with Gasteiger partial charge in [0.1, 0.15) is 0 Å². The number of anilines is 1. The maximum Gasteiger partial charge on any atom is 0.276 e. The van der Waals surface area contributed by atoms with E-state index in [2.05, 4.69) is 15.5 Å². The number of amides is 2. The van der Waals surface area contributed by atoms with E-state index in [-0.39, 0.29) is 17.5 Å². The largest absolute Gasteiger partial charge is 0.343 e. The Balaban J connectivity index is 2.43. The molecule has 0 bridgehead atoms. The second-order valence-electron chi connectivity index (χ2n) is 5.95. The maximum atomic E-state index is 12.8. The summed E-state index contributed by atoms with van der Waals surface area (Å²) in [7, 11) is 5.04. The first-order valence-electron chi connectivity index (χ1n) is 7.79. The van der Waals surface area contributed by atoms with Crippen LogP contribution in [0.25, 0.3) is 0 Å². The molecule has 8 nitrogen and oxygen atoms in total. The highest BCUT2D eigenvalue weighted by molar-refractivity contribution is 6.09. The number of rotatable bonds is 4. The highest BCUT2D eigenvalue weighted by Crippen LogP contribution is 2.23. The molecular formula is C16H24N6O2. The molecule has 2 amide bonds. The van der Waals surface area contributed by atoms with Crippen molar-refractivity contribution < 1.29 is 9.59 Å². The molecule has 0 radical (unpaired) electrons. The van der Waals surface area contributed by atoms with Gasteiger partial charge in [0.15, 0.2) is 5.69 Å². The Bertz CT molecular complexity index is 800. The van der Waals surface area contributed by atoms with Crippen molar-refractivity contribution in [2.24, 2.45) is 7.05 Å². The molecule has 24 heavy (non-hydrogen) atoms. The van der Waals surface area contributed by atoms with Gasteiger partial charge in [-0.2, -0.15) is 10.2 Å². The Hall–Kier alpha value is -2.64. The second-order valence-corrected chi connectivity index (χ2v) is 5.95. The third kappa shape index (κ3) is 2.91. The van der Waals surface area contributed by atoms with Crippen LogP contribution in [0.5, 0.6) is 0 Å². The molecule has 1 N–H and O–H groups in total. The van der Waals surface area contributed by atoms with Gasteiger partial charge in [-0.15, -0.1) is 0 Å². The molecule has 2 rings (SSSR count). The number of carbonyl (C=O) groups excluding carboxylic acids is 2. The summed E-state index contributed by atoms with van der Waals surface area (Å²) in [5, 5.41) is 11.4. The van der Waals surface area contributed by atoms with Crippen molar-refractivity contribution in [3.05, 3.63) is 28.3 Å². The van der Waals surface area contributed by atoms with E-state index in [0.29, 0.717) is 29.2 Å². The molecule has 0 aliphatic carbocycles. The van der Waals surface area contributed by atoms with Crippen LogP contribution < -0.4 is 5.32 Å². The zero-order valence-electron chi connectivity index (χ0n) is 15.3. The van der Waals surface area contributed by atoms with Crippen molar-refractivity contribution in [3.63, 3.8) is 0 Å². The van der Waals surface area contributed by atoms with Crippen LogP contribution in [0, 0.1) is 20.8 Å². The minimum absolute atomic E-state index is 0.228. The molecular weight excluding hydrogens is 308 g/mol. The zero-order valence-corrected chi connectivity index (χ0v) is 15.3. The molecule has 0 fully saturated rings. The normalized spacial score (nSPS) is 10.8. The van der Waals surface area contributed by atoms with E-state index in [0.717, 1.165) is 5.69 Å². The van der Waals surface area contributed by atoms with Crippen molar-refractivity contribution in [1.82, 2.24) is 24.5 Å². The predicted molar refractivity (Wildman–Crippen MR) is 91.3 cm³/mol. The van der Waals surface area contributed by atoms with Crippen molar-refractivity contribution in [2.45, 2.75) is 34.2 Å². The molecule has 0 spiro atoms. The summed E-state index contributed by atoms with van der Waals surface area (Å²) < 4.78 is 3.37. The summed E-state index contributed by atoms with van der Waals surface area (Å²) in [5.74, 6) is -0.541. The number of hydrogen-bond acceptors (Lipinski definition) is 4. The minimum Gasteiger partial charge on any atom is -0.343 e. The fraction of sp³-hybridized carbons (Fsp3) is 0.500. The van der Waals surface area contributed by atoms with Crippen LogP contribution in [-0.4, -0.2) is 50.4 Å². The molecule has 0 aliphatic heterocycles. The summed E-state index contributed by atoms with van der Waals surface area (Å²) in [5.41, 5.74) is 3.37. The first-order chi connectivity index (χ1) is 11.2. The SMILES string of the molecule is CCn1nc(C)c(C(=O)Nc2c(C(=O)N(C)C)nn(C)c2C)c1C. The molecule has 130 valence electrons. The lowest BCUT2D eigenvalue weighted by atomic mass is 10.1. The van der Waals surface area contributed by atoms with Crippen molar-refractivity contribution >= 4 is 17.5 Å². The number of nitrogens with one attached hydrogen (secondary N) is 1. The molecule has 0 aromatic carbocycles. The van der Waals surface area contributed by atoms with Crippen molar-refractivity contribution in [3.8, 4) is 0 Å². The lowest BCUT2D eigenvalue weighted by molar-refractivity contribution is 0.0822. The quantitative estimate of drug-likeness (QED) is 0.920. The fourth-order valence-corrected chi connectivity index (χ4v) is 2.63. The summed E-state index contributed by atoms with van der Waals surface area (Å²) in [4.78, 5) is 26.5. The first kappa shape index (κ1) is 17.7. The molecule has 8 heteroatoms. The van der Waals surface area contributed by atoms with E-state index in [1.807, 2.05) is 20.8 Å². The lowest BCUT2D eigenvalue weighted by Crippen LogP contribution is -2.24. The van der Waals surface area contributed by atoms with E-state index >= 15 is 0 Å². The number of carbonyl (C=O) groups is 2. The molecule has 2 aromatic rings. The van der Waals surface area contributed by atoms with Crippen LogP contribution in [0.1, 0.15) is 44.9 Å². The van der Waals surface area contributed by atoms with Crippen LogP contribution in [0.15, 0.2) is 0 Å². The van der Waals surface area contributed by atoms with Gasteiger partial charge in [-0.3, -0.25) is 19.0 Å². The summed E-state index contributed by atoms with van der Waals surface area (Å²) in [6.45, 7) is 8.14. The van der Waals surface area contributed by atoms with Crippen molar-refractivity contribution in [2.75, 3.05) is 19.4 Å². The monoisotopic (exact) mass is 332 g/mol. The predicted octanol–water partition coefficient (Wildman–Crippen LogP) is 1.52. The highest BCUT2D eigenvalue weighted by Gasteiger charge is 2.25. The van der Waals surface area contributed by atoms with Gasteiger partial charge < -0.3 is 10.2 Å². The Morgan fingerprint density at radius 1 is 1.12 bits per heavy atom. The molecule has 0 saturated heterocycles. The Labute approximate surface area is 141 Å². The van der Waals surface area contributed by atoms with Crippen molar-refractivity contribution in [1.29, 1.82) is 0 Å². The summed E-state index contributed by atoms with van der Waals surface area (Å²) in [6, 6.07) is 0. The Kier molecular flexibility index (Phi) is 4.77. The lowest BCUT2D eigenvalue weighted by Gasteiger charge is -2.11. The van der Waals surface area contributed by atoms with E-state index in [9.17, 15) is 9.59 Å². The fourth-order valence-electron chi connectivity index (χ4n) is 2.63. The highest BCUT2D eigenvalue weighted by atomic mass is 16.2. The van der Waals surface area contributed by atoms with Crippen LogP contribution in [0.3, 0.4) is 0 Å². The maximum absolute atomic E-state index is 12.8. The number of nitrogens with zero attached hydrogens (tertiary/aromatic N) is 5. The second kappa shape index (κ2) is 6.46. The first-order valence-corrected chi connectivity index (χ1v) is 7.79. The average molecular weight is 332 g/mol. The zero-order chi connectivity index (χ0) is 18.2. The third-order valence-electron chi connectivity index (χ3n) is 4.09. The van der Waals surface area contributed by atoms with Gasteiger partial charge in [0.05, 0.1) is 22.6 Å². The summed E-state index contributed by atoms with van der Waals surface area (Å²) >= 11 is 0. The van der Waals surface area contributed by atoms with Crippen LogP contribution in [-0.2, 0) is 13.6 Å². The van der Waals surface area contributed by atoms with Gasteiger partial charge in [-0.1, -0.05) is 0 Å². The van der Waals surface area contributed by atoms with Gasteiger partial charge in [0, 0.05) is 33.4 Å². The summed E-state index contributed by atoms with van der Waals surface area (Å²) in [6.07, 6.45) is 0. The Morgan fingerprint density at radius 3 is 2.25 bits per heavy atom. The Morgan fingerprint density at radius 2 is 1.75 bits per heavy atom. The molecule has 0 atom stereocenters. The van der Waals surface area contributed by atoms with E-state index in [1.165, 1.54) is 4.90 Å². The van der Waals surface area contributed by atoms with E-state index < -0.39 is 0 Å². The average Bonchev–Trinajstić information content (AvgIpc) is 2.96. The number of aryl methyl sites for hydroxylation is 3. The molecule has 2 heterocycles. The standard InChI is InChI=1S/C16H24N6O2/c1-8-22-10(3)12(9(2)18-22)15(23)17-13-11(4)21(7)19-14(13)16(24)20(5)6/h8H2,1-7H3,(H,17,23). The van der Waals surface area contributed by atoms with Gasteiger partial charge in [-0.05, 0) is 27.7 Å². The smallest absolute Gasteiger partial charge is 0.276 e. The van der Waals surface area contributed by atoms with Gasteiger partial charge >= 0.3 is 0 Å². The van der Waals surface area contributed by atoms with Gasteiger partial charge in [0.25, 0.3) is 11.8 Å². The molecule has 0 aliphatic rings. The van der Waals surface area contributed by atoms with Crippen LogP contribution >= 0.6 is 0 Å². The van der Waals surface area contributed by atoms with Gasteiger partial charge in [-0.25, -0.2) is 0 Å². The molecule has 0 saturated carbocycles. The molecule has 0 unspecified atom stereocenters. The number of hydrogen-bond donors (Lipinski definition) is 1. The number of aromatic nitrogens is 4. The molecule has 2 aromatic heterocycles. The third-order valence-corrected chi connectivity index (χ3v) is 4.09. The van der Waals surface area contributed by atoms with Gasteiger partial charge in [0.2, 0.25) is 0 Å². The van der Waals surface area contributed by atoms with E-state index in [1.54, 1.807) is 37.4 Å². The topological polar surface area (TPSA) is 85.1 Å². The van der Waals surface area contributed by atoms with E-state index in [4.69, 9.17) is 0 Å². The van der Waals surface area contributed by atoms with Crippen LogP contribution in [0.2, 0.25) is 0 Å².